The van der Waals surface area contributed by atoms with Gasteiger partial charge in [0.05, 0.1) is 13.2 Å². The van der Waals surface area contributed by atoms with Crippen molar-refractivity contribution in [2.75, 3.05) is 6.61 Å². The number of nitrogens with zero attached hydrogens (tertiary/aromatic N) is 1. The van der Waals surface area contributed by atoms with E-state index in [1.54, 1.807) is 0 Å². The van der Waals surface area contributed by atoms with Gasteiger partial charge in [-0.25, -0.2) is 4.79 Å². The Balaban J connectivity index is 2.55. The van der Waals surface area contributed by atoms with Gasteiger partial charge in [0.25, 0.3) is 0 Å². The normalized spacial score (nSPS) is 11.7. The van der Waals surface area contributed by atoms with Gasteiger partial charge in [-0.15, -0.1) is 0 Å². The lowest BCUT2D eigenvalue weighted by Crippen LogP contribution is -2.41. The number of hydrogen-bond acceptors (Lipinski definition) is 5. The molecular formula is C9H14N2O4. The van der Waals surface area contributed by atoms with Gasteiger partial charge >= 0.3 is 5.97 Å². The maximum atomic E-state index is 10.5. The van der Waals surface area contributed by atoms with Crippen LogP contribution in [0.5, 0.6) is 0 Å². The second kappa shape index (κ2) is 4.41. The zero-order chi connectivity index (χ0) is 11.5. The van der Waals surface area contributed by atoms with Crippen LogP contribution in [0.15, 0.2) is 10.6 Å². The first-order valence-electron chi connectivity index (χ1n) is 4.49. The molecular weight excluding hydrogens is 200 g/mol. The molecule has 84 valence electrons. The number of carboxylic acid groups (broad SMARTS) is 1. The highest BCUT2D eigenvalue weighted by molar-refractivity contribution is 5.85. The molecule has 0 aliphatic rings. The fraction of sp³-hybridized carbons (Fsp3) is 0.556. The third-order valence-electron chi connectivity index (χ3n) is 1.91. The minimum Gasteiger partial charge on any atom is -0.476 e. The zero-order valence-electron chi connectivity index (χ0n) is 8.65. The number of aliphatic hydroxyl groups excluding tert-OH is 1. The lowest BCUT2D eigenvalue weighted by molar-refractivity contribution is 0.0685. The first kappa shape index (κ1) is 11.7. The van der Waals surface area contributed by atoms with Crippen LogP contribution in [0.25, 0.3) is 0 Å². The van der Waals surface area contributed by atoms with Crippen molar-refractivity contribution in [2.24, 2.45) is 0 Å². The molecule has 6 heteroatoms. The first-order valence-corrected chi connectivity index (χ1v) is 4.49. The molecule has 0 radical (unpaired) electrons. The van der Waals surface area contributed by atoms with Crippen LogP contribution in [0, 0.1) is 0 Å². The van der Waals surface area contributed by atoms with Gasteiger partial charge in [-0.2, -0.15) is 0 Å². The molecule has 0 unspecified atom stereocenters. The lowest BCUT2D eigenvalue weighted by Gasteiger charge is -2.22. The number of aromatic nitrogens is 1. The summed E-state index contributed by atoms with van der Waals surface area (Å²) >= 11 is 0. The highest BCUT2D eigenvalue weighted by atomic mass is 16.5. The highest BCUT2D eigenvalue weighted by Gasteiger charge is 2.17. The van der Waals surface area contributed by atoms with Crippen molar-refractivity contribution in [3.63, 3.8) is 0 Å². The first-order chi connectivity index (χ1) is 6.94. The van der Waals surface area contributed by atoms with Crippen LogP contribution >= 0.6 is 0 Å². The maximum Gasteiger partial charge on any atom is 0.358 e. The summed E-state index contributed by atoms with van der Waals surface area (Å²) in [6, 6.07) is 1.35. The molecule has 0 aliphatic carbocycles. The summed E-state index contributed by atoms with van der Waals surface area (Å²) in [6.07, 6.45) is 0. The molecule has 0 saturated heterocycles. The minimum absolute atomic E-state index is 0.0209. The Morgan fingerprint density at radius 1 is 1.67 bits per heavy atom. The van der Waals surface area contributed by atoms with E-state index in [9.17, 15) is 4.79 Å². The Bertz CT molecular complexity index is 346. The van der Waals surface area contributed by atoms with Gasteiger partial charge in [0.1, 0.15) is 0 Å². The minimum atomic E-state index is -1.12. The quantitative estimate of drug-likeness (QED) is 0.649. The molecule has 0 amide bonds. The van der Waals surface area contributed by atoms with Gasteiger partial charge in [-0.3, -0.25) is 0 Å². The number of aromatic carboxylic acids is 1. The van der Waals surface area contributed by atoms with Crippen molar-refractivity contribution in [2.45, 2.75) is 25.9 Å². The molecule has 1 heterocycles. The summed E-state index contributed by atoms with van der Waals surface area (Å²) in [7, 11) is 0. The second-order valence-corrected chi connectivity index (χ2v) is 3.88. The van der Waals surface area contributed by atoms with E-state index in [1.165, 1.54) is 6.07 Å². The smallest absolute Gasteiger partial charge is 0.358 e. The summed E-state index contributed by atoms with van der Waals surface area (Å²) in [5.74, 6) is -0.694. The van der Waals surface area contributed by atoms with Crippen molar-refractivity contribution in [3.8, 4) is 0 Å². The molecule has 0 spiro atoms. The fourth-order valence-corrected chi connectivity index (χ4v) is 0.879. The number of aliphatic hydroxyl groups is 1. The second-order valence-electron chi connectivity index (χ2n) is 3.88. The molecule has 0 atom stereocenters. The van der Waals surface area contributed by atoms with E-state index in [0.29, 0.717) is 12.3 Å². The van der Waals surface area contributed by atoms with Crippen LogP contribution in [0.3, 0.4) is 0 Å². The van der Waals surface area contributed by atoms with Crippen molar-refractivity contribution < 1.29 is 19.5 Å². The van der Waals surface area contributed by atoms with Gasteiger partial charge in [-0.1, -0.05) is 5.16 Å². The Hall–Kier alpha value is -1.40. The van der Waals surface area contributed by atoms with Gasteiger partial charge in [0, 0.05) is 11.6 Å². The summed E-state index contributed by atoms with van der Waals surface area (Å²) in [6.45, 7) is 3.95. The van der Waals surface area contributed by atoms with E-state index >= 15 is 0 Å². The summed E-state index contributed by atoms with van der Waals surface area (Å²) < 4.78 is 4.79. The molecule has 15 heavy (non-hydrogen) atoms. The number of carboxylic acids is 1. The van der Waals surface area contributed by atoms with Gasteiger partial charge in [-0.05, 0) is 13.8 Å². The van der Waals surface area contributed by atoms with Crippen LogP contribution in [-0.2, 0) is 6.54 Å². The maximum absolute atomic E-state index is 10.5. The molecule has 3 N–H and O–H groups in total. The van der Waals surface area contributed by atoms with Crippen LogP contribution < -0.4 is 5.32 Å². The van der Waals surface area contributed by atoms with Crippen LogP contribution in [0.2, 0.25) is 0 Å². The molecule has 0 bridgehead atoms. The number of carbonyl (C=O) groups is 1. The third kappa shape index (κ3) is 3.34. The molecule has 0 saturated carbocycles. The molecule has 0 aliphatic heterocycles. The molecule has 6 nitrogen and oxygen atoms in total. The number of nitrogens with one attached hydrogen (secondary N) is 1. The lowest BCUT2D eigenvalue weighted by atomic mass is 10.1. The summed E-state index contributed by atoms with van der Waals surface area (Å²) in [4.78, 5) is 10.5. The average molecular weight is 214 g/mol. The van der Waals surface area contributed by atoms with Crippen molar-refractivity contribution in [1.29, 1.82) is 0 Å². The summed E-state index contributed by atoms with van der Waals surface area (Å²) in [5.41, 5.74) is -0.551. The topological polar surface area (TPSA) is 95.6 Å². The fourth-order valence-electron chi connectivity index (χ4n) is 0.879. The van der Waals surface area contributed by atoms with E-state index in [4.69, 9.17) is 14.7 Å². The Morgan fingerprint density at radius 2 is 2.33 bits per heavy atom. The van der Waals surface area contributed by atoms with Gasteiger partial charge in [0.2, 0.25) is 0 Å². The van der Waals surface area contributed by atoms with Gasteiger partial charge in [0.15, 0.2) is 11.5 Å². The molecule has 1 aromatic rings. The zero-order valence-corrected chi connectivity index (χ0v) is 8.65. The van der Waals surface area contributed by atoms with E-state index in [0.717, 1.165) is 0 Å². The highest BCUT2D eigenvalue weighted by Crippen LogP contribution is 2.06. The monoisotopic (exact) mass is 214 g/mol. The predicted octanol–water partition coefficient (Wildman–Crippen LogP) is 0.233. The summed E-state index contributed by atoms with van der Waals surface area (Å²) in [5, 5.41) is 23.9. The average Bonchev–Trinajstić information content (AvgIpc) is 2.63. The van der Waals surface area contributed by atoms with E-state index < -0.39 is 11.5 Å². The number of hydrogen-bond donors (Lipinski definition) is 3. The van der Waals surface area contributed by atoms with Crippen molar-refractivity contribution >= 4 is 5.97 Å². The molecule has 1 rings (SSSR count). The van der Waals surface area contributed by atoms with E-state index in [-0.39, 0.29) is 12.3 Å². The van der Waals surface area contributed by atoms with Gasteiger partial charge < -0.3 is 20.1 Å². The Kier molecular flexibility index (Phi) is 3.43. The van der Waals surface area contributed by atoms with E-state index in [2.05, 4.69) is 10.5 Å². The van der Waals surface area contributed by atoms with Crippen LogP contribution in [-0.4, -0.2) is 33.5 Å². The predicted molar refractivity (Wildman–Crippen MR) is 51.5 cm³/mol. The van der Waals surface area contributed by atoms with Crippen molar-refractivity contribution in [1.82, 2.24) is 10.5 Å². The van der Waals surface area contributed by atoms with E-state index in [1.807, 2.05) is 13.8 Å². The third-order valence-corrected chi connectivity index (χ3v) is 1.91. The molecule has 0 fully saturated rings. The number of rotatable bonds is 5. The molecule has 1 aromatic heterocycles. The standard InChI is InChI=1S/C9H14N2O4/c1-9(2,5-12)10-4-6-3-7(8(13)14)11-15-6/h3,10,12H,4-5H2,1-2H3,(H,13,14). The largest absolute Gasteiger partial charge is 0.476 e. The molecule has 0 aromatic carbocycles. The Labute approximate surface area is 86.9 Å². The van der Waals surface area contributed by atoms with Crippen LogP contribution in [0.4, 0.5) is 0 Å². The van der Waals surface area contributed by atoms with Crippen molar-refractivity contribution in [3.05, 3.63) is 17.5 Å². The Morgan fingerprint density at radius 3 is 2.80 bits per heavy atom. The SMILES string of the molecule is CC(C)(CO)NCc1cc(C(=O)O)no1. The van der Waals surface area contributed by atoms with Crippen LogP contribution in [0.1, 0.15) is 30.1 Å².